The molecule has 0 aromatic rings. The van der Waals surface area contributed by atoms with Crippen LogP contribution in [0.25, 0.3) is 0 Å². The van der Waals surface area contributed by atoms with Crippen LogP contribution in [0.2, 0.25) is 0 Å². The SMILES string of the molecule is COCN1C(=O)N(COC)C2(C)N(CC=O)C(=O)N(CC=O)C12C. The van der Waals surface area contributed by atoms with Gasteiger partial charge in [0.15, 0.2) is 11.3 Å². The summed E-state index contributed by atoms with van der Waals surface area (Å²) >= 11 is 0. The van der Waals surface area contributed by atoms with Crippen LogP contribution < -0.4 is 0 Å². The highest BCUT2D eigenvalue weighted by atomic mass is 16.5. The summed E-state index contributed by atoms with van der Waals surface area (Å²) < 4.78 is 10.2. The van der Waals surface area contributed by atoms with Gasteiger partial charge in [0.25, 0.3) is 0 Å². The van der Waals surface area contributed by atoms with Gasteiger partial charge in [-0.05, 0) is 13.8 Å². The smallest absolute Gasteiger partial charge is 0.327 e. The van der Waals surface area contributed by atoms with Gasteiger partial charge < -0.3 is 19.1 Å². The van der Waals surface area contributed by atoms with E-state index >= 15 is 0 Å². The Labute approximate surface area is 139 Å². The molecule has 24 heavy (non-hydrogen) atoms. The van der Waals surface area contributed by atoms with E-state index in [4.69, 9.17) is 9.47 Å². The highest BCUT2D eigenvalue weighted by molar-refractivity contribution is 5.90. The van der Waals surface area contributed by atoms with Gasteiger partial charge >= 0.3 is 12.1 Å². The molecular weight excluding hydrogens is 320 g/mol. The molecule has 2 aliphatic rings. The lowest BCUT2D eigenvalue weighted by molar-refractivity contribution is -0.117. The zero-order valence-corrected chi connectivity index (χ0v) is 14.2. The second-order valence-electron chi connectivity index (χ2n) is 5.85. The summed E-state index contributed by atoms with van der Waals surface area (Å²) in [5.74, 6) is 0. The second kappa shape index (κ2) is 6.36. The summed E-state index contributed by atoms with van der Waals surface area (Å²) in [7, 11) is 2.86. The topological polar surface area (TPSA) is 99.7 Å². The van der Waals surface area contributed by atoms with Crippen LogP contribution in [0.4, 0.5) is 9.59 Å². The maximum atomic E-state index is 12.9. The van der Waals surface area contributed by atoms with Crippen LogP contribution in [-0.4, -0.2) is 96.3 Å². The summed E-state index contributed by atoms with van der Waals surface area (Å²) in [6.07, 6.45) is 1.17. The molecule has 2 atom stereocenters. The maximum Gasteiger partial charge on any atom is 0.327 e. The van der Waals surface area contributed by atoms with Gasteiger partial charge in [-0.1, -0.05) is 0 Å². The molecule has 2 rings (SSSR count). The van der Waals surface area contributed by atoms with E-state index in [-0.39, 0.29) is 26.6 Å². The quantitative estimate of drug-likeness (QED) is 0.551. The molecule has 0 saturated carbocycles. The van der Waals surface area contributed by atoms with Crippen LogP contribution in [0, 0.1) is 0 Å². The zero-order valence-electron chi connectivity index (χ0n) is 14.2. The highest BCUT2D eigenvalue weighted by Gasteiger charge is 2.74. The average Bonchev–Trinajstić information content (AvgIpc) is 2.81. The molecule has 0 spiro atoms. The van der Waals surface area contributed by atoms with Gasteiger partial charge in [-0.25, -0.2) is 9.59 Å². The van der Waals surface area contributed by atoms with Gasteiger partial charge in [0.05, 0.1) is 13.1 Å². The van der Waals surface area contributed by atoms with Gasteiger partial charge in [-0.3, -0.25) is 19.6 Å². The average molecular weight is 342 g/mol. The summed E-state index contributed by atoms with van der Waals surface area (Å²) in [5, 5.41) is 0. The first-order chi connectivity index (χ1) is 11.4. The van der Waals surface area contributed by atoms with E-state index in [1.807, 2.05) is 0 Å². The van der Waals surface area contributed by atoms with Crippen LogP contribution in [0.3, 0.4) is 0 Å². The number of rotatable bonds is 8. The highest BCUT2D eigenvalue weighted by Crippen LogP contribution is 2.50. The lowest BCUT2D eigenvalue weighted by Gasteiger charge is -2.44. The Bertz CT molecular complexity index is 513. The number of amides is 4. The predicted octanol–water partition coefficient (Wildman–Crippen LogP) is -0.500. The number of fused-ring (bicyclic) bond motifs is 1. The van der Waals surface area contributed by atoms with Crippen LogP contribution in [-0.2, 0) is 19.1 Å². The Morgan fingerprint density at radius 3 is 1.42 bits per heavy atom. The van der Waals surface area contributed by atoms with Crippen molar-refractivity contribution in [3.8, 4) is 0 Å². The van der Waals surface area contributed by atoms with Crippen molar-refractivity contribution in [1.29, 1.82) is 0 Å². The Kier molecular flexibility index (Phi) is 4.81. The predicted molar refractivity (Wildman–Crippen MR) is 80.6 cm³/mol. The Morgan fingerprint density at radius 1 is 0.792 bits per heavy atom. The number of urea groups is 2. The number of carbonyl (C=O) groups is 4. The third kappa shape index (κ3) is 2.02. The molecule has 10 heteroatoms. The normalized spacial score (nSPS) is 29.5. The molecule has 2 saturated heterocycles. The Balaban J connectivity index is 2.66. The number of hydrogen-bond donors (Lipinski definition) is 0. The third-order valence-electron chi connectivity index (χ3n) is 4.95. The number of carbonyl (C=O) groups excluding carboxylic acids is 4. The zero-order chi connectivity index (χ0) is 18.1. The van der Waals surface area contributed by atoms with Crippen molar-refractivity contribution in [1.82, 2.24) is 19.6 Å². The molecule has 10 nitrogen and oxygen atoms in total. The standard InChI is InChI=1S/C14H22N4O6/c1-13-14(2,16(6-8-20)11(21)15(13)5-7-19)18(10-24-4)12(22)17(13)9-23-3/h7-8H,5-6,9-10H2,1-4H3. The molecule has 134 valence electrons. The van der Waals surface area contributed by atoms with Crippen LogP contribution in [0.15, 0.2) is 0 Å². The van der Waals surface area contributed by atoms with Crippen molar-refractivity contribution in [2.24, 2.45) is 0 Å². The van der Waals surface area contributed by atoms with E-state index in [0.717, 1.165) is 0 Å². The van der Waals surface area contributed by atoms with Gasteiger partial charge in [-0.15, -0.1) is 0 Å². The molecule has 2 heterocycles. The van der Waals surface area contributed by atoms with Crippen LogP contribution >= 0.6 is 0 Å². The van der Waals surface area contributed by atoms with Crippen molar-refractivity contribution in [2.45, 2.75) is 25.2 Å². The van der Waals surface area contributed by atoms with Crippen molar-refractivity contribution in [3.63, 3.8) is 0 Å². The van der Waals surface area contributed by atoms with Gasteiger partial charge in [0.1, 0.15) is 26.0 Å². The van der Waals surface area contributed by atoms with Crippen molar-refractivity contribution < 1.29 is 28.7 Å². The fraction of sp³-hybridized carbons (Fsp3) is 0.714. The van der Waals surface area contributed by atoms with Crippen molar-refractivity contribution in [3.05, 3.63) is 0 Å². The summed E-state index contributed by atoms with van der Waals surface area (Å²) in [4.78, 5) is 53.1. The molecule has 0 bridgehead atoms. The number of hydrogen-bond acceptors (Lipinski definition) is 6. The number of ether oxygens (including phenoxy) is 2. The molecule has 0 radical (unpaired) electrons. The summed E-state index contributed by atoms with van der Waals surface area (Å²) in [5.41, 5.74) is -2.42. The van der Waals surface area contributed by atoms with E-state index in [1.165, 1.54) is 33.8 Å². The molecule has 2 aliphatic heterocycles. The minimum Gasteiger partial charge on any atom is -0.364 e. The maximum absolute atomic E-state index is 12.9. The second-order valence-corrected chi connectivity index (χ2v) is 5.85. The molecular formula is C14H22N4O6. The molecule has 2 fully saturated rings. The summed E-state index contributed by atoms with van der Waals surface area (Å²) in [6, 6.07) is -0.920. The van der Waals surface area contributed by atoms with E-state index in [0.29, 0.717) is 12.6 Å². The molecule has 4 amide bonds. The largest absolute Gasteiger partial charge is 0.364 e. The lowest BCUT2D eigenvalue weighted by atomic mass is 9.95. The van der Waals surface area contributed by atoms with Gasteiger partial charge in [-0.2, -0.15) is 0 Å². The summed E-state index contributed by atoms with van der Waals surface area (Å²) in [6.45, 7) is 2.76. The van der Waals surface area contributed by atoms with Gasteiger partial charge in [0.2, 0.25) is 0 Å². The van der Waals surface area contributed by atoms with E-state index < -0.39 is 23.4 Å². The first-order valence-electron chi connectivity index (χ1n) is 7.39. The van der Waals surface area contributed by atoms with Crippen molar-refractivity contribution in [2.75, 3.05) is 40.8 Å². The fourth-order valence-electron chi connectivity index (χ4n) is 3.63. The number of aldehydes is 2. The first-order valence-corrected chi connectivity index (χ1v) is 7.39. The third-order valence-corrected chi connectivity index (χ3v) is 4.95. The number of nitrogens with zero attached hydrogens (tertiary/aromatic N) is 4. The minimum atomic E-state index is -1.21. The van der Waals surface area contributed by atoms with Gasteiger partial charge in [0, 0.05) is 14.2 Å². The molecule has 0 aromatic heterocycles. The van der Waals surface area contributed by atoms with Crippen molar-refractivity contribution >= 4 is 24.6 Å². The molecule has 0 aromatic carbocycles. The molecule has 0 N–H and O–H groups in total. The van der Waals surface area contributed by atoms with E-state index in [1.54, 1.807) is 13.8 Å². The number of methoxy groups -OCH3 is 2. The van der Waals surface area contributed by atoms with Crippen LogP contribution in [0.1, 0.15) is 13.8 Å². The lowest BCUT2D eigenvalue weighted by Crippen LogP contribution is -2.65. The monoisotopic (exact) mass is 342 g/mol. The fourth-order valence-corrected chi connectivity index (χ4v) is 3.63. The minimum absolute atomic E-state index is 0.0807. The van der Waals surface area contributed by atoms with Crippen LogP contribution in [0.5, 0.6) is 0 Å². The van der Waals surface area contributed by atoms with E-state index in [2.05, 4.69) is 0 Å². The molecule has 2 unspecified atom stereocenters. The Hall–Kier alpha value is -2.20. The Morgan fingerprint density at radius 2 is 1.12 bits per heavy atom. The first kappa shape index (κ1) is 18.1. The molecule has 0 aliphatic carbocycles. The van der Waals surface area contributed by atoms with E-state index in [9.17, 15) is 19.2 Å².